The van der Waals surface area contributed by atoms with Gasteiger partial charge in [0.05, 0.1) is 13.2 Å². The van der Waals surface area contributed by atoms with Gasteiger partial charge >= 0.3 is 5.97 Å². The SMILES string of the molecule is CCCOc1ccc(C(=O)NC(C)(C)CCC(=O)O)cc1OCC. The van der Waals surface area contributed by atoms with Gasteiger partial charge in [0, 0.05) is 17.5 Å². The molecule has 0 radical (unpaired) electrons. The molecule has 0 saturated carbocycles. The lowest BCUT2D eigenvalue weighted by Gasteiger charge is -2.26. The van der Waals surface area contributed by atoms with Gasteiger partial charge in [0.2, 0.25) is 0 Å². The molecule has 0 aromatic heterocycles. The number of nitrogens with one attached hydrogen (secondary N) is 1. The summed E-state index contributed by atoms with van der Waals surface area (Å²) in [6.45, 7) is 8.53. The zero-order chi connectivity index (χ0) is 18.2. The molecule has 0 saturated heterocycles. The minimum atomic E-state index is -0.881. The van der Waals surface area contributed by atoms with Crippen molar-refractivity contribution in [3.8, 4) is 11.5 Å². The number of rotatable bonds is 10. The lowest BCUT2D eigenvalue weighted by atomic mass is 9.97. The van der Waals surface area contributed by atoms with Crippen molar-refractivity contribution in [1.29, 1.82) is 0 Å². The van der Waals surface area contributed by atoms with E-state index >= 15 is 0 Å². The fourth-order valence-electron chi connectivity index (χ4n) is 2.11. The Kier molecular flexibility index (Phi) is 7.55. The van der Waals surface area contributed by atoms with E-state index in [4.69, 9.17) is 14.6 Å². The van der Waals surface area contributed by atoms with Crippen LogP contribution in [0.4, 0.5) is 0 Å². The molecule has 0 aliphatic heterocycles. The van der Waals surface area contributed by atoms with E-state index in [-0.39, 0.29) is 12.3 Å². The smallest absolute Gasteiger partial charge is 0.303 e. The molecular weight excluding hydrogens is 310 g/mol. The Labute approximate surface area is 143 Å². The maximum Gasteiger partial charge on any atom is 0.303 e. The molecule has 24 heavy (non-hydrogen) atoms. The highest BCUT2D eigenvalue weighted by atomic mass is 16.5. The van der Waals surface area contributed by atoms with Gasteiger partial charge in [-0.15, -0.1) is 0 Å². The first-order chi connectivity index (χ1) is 11.3. The van der Waals surface area contributed by atoms with Gasteiger partial charge in [0.25, 0.3) is 5.91 Å². The molecule has 0 spiro atoms. The van der Waals surface area contributed by atoms with Crippen molar-refractivity contribution in [3.05, 3.63) is 23.8 Å². The number of hydrogen-bond donors (Lipinski definition) is 2. The van der Waals surface area contributed by atoms with Crippen LogP contribution in [0.1, 0.15) is 57.3 Å². The predicted octanol–water partition coefficient (Wildman–Crippen LogP) is 3.25. The number of carboxylic acids is 1. The molecule has 1 rings (SSSR count). The summed E-state index contributed by atoms with van der Waals surface area (Å²) in [6, 6.07) is 5.05. The summed E-state index contributed by atoms with van der Waals surface area (Å²) in [5, 5.41) is 11.6. The third-order valence-corrected chi connectivity index (χ3v) is 3.38. The van der Waals surface area contributed by atoms with Gasteiger partial charge in [-0.25, -0.2) is 0 Å². The second kappa shape index (κ2) is 9.15. The maximum atomic E-state index is 12.4. The van der Waals surface area contributed by atoms with E-state index in [1.165, 1.54) is 0 Å². The van der Waals surface area contributed by atoms with Crippen LogP contribution in [0.5, 0.6) is 11.5 Å². The van der Waals surface area contributed by atoms with E-state index in [1.54, 1.807) is 32.0 Å². The highest BCUT2D eigenvalue weighted by molar-refractivity contribution is 5.95. The molecule has 0 fully saturated rings. The molecule has 6 nitrogen and oxygen atoms in total. The molecule has 1 amide bonds. The standard InChI is InChI=1S/C18H27NO5/c1-5-11-24-14-8-7-13(12-15(14)23-6-2)17(22)19-18(3,4)10-9-16(20)21/h7-8,12H,5-6,9-11H2,1-4H3,(H,19,22)(H,20,21). The summed E-state index contributed by atoms with van der Waals surface area (Å²) in [4.78, 5) is 23.1. The minimum absolute atomic E-state index is 0.00126. The quantitative estimate of drug-likeness (QED) is 0.684. The second-order valence-electron chi connectivity index (χ2n) is 6.17. The average molecular weight is 337 g/mol. The van der Waals surface area contributed by atoms with Crippen molar-refractivity contribution in [2.24, 2.45) is 0 Å². The summed E-state index contributed by atoms with van der Waals surface area (Å²) >= 11 is 0. The monoisotopic (exact) mass is 337 g/mol. The molecule has 1 aromatic carbocycles. The molecule has 134 valence electrons. The minimum Gasteiger partial charge on any atom is -0.490 e. The largest absolute Gasteiger partial charge is 0.490 e. The van der Waals surface area contributed by atoms with Crippen molar-refractivity contribution in [3.63, 3.8) is 0 Å². The Balaban J connectivity index is 2.86. The molecule has 6 heteroatoms. The fraction of sp³-hybridized carbons (Fsp3) is 0.556. The van der Waals surface area contributed by atoms with Crippen LogP contribution in [0.2, 0.25) is 0 Å². The Morgan fingerprint density at radius 2 is 1.88 bits per heavy atom. The van der Waals surface area contributed by atoms with Crippen LogP contribution in [0.15, 0.2) is 18.2 Å². The zero-order valence-corrected chi connectivity index (χ0v) is 14.8. The van der Waals surface area contributed by atoms with Gasteiger partial charge < -0.3 is 19.9 Å². The molecule has 2 N–H and O–H groups in total. The molecule has 1 aromatic rings. The Morgan fingerprint density at radius 1 is 1.17 bits per heavy atom. The third-order valence-electron chi connectivity index (χ3n) is 3.38. The number of carboxylic acid groups (broad SMARTS) is 1. The van der Waals surface area contributed by atoms with Crippen LogP contribution in [-0.4, -0.2) is 35.7 Å². The van der Waals surface area contributed by atoms with Crippen molar-refractivity contribution in [1.82, 2.24) is 5.32 Å². The van der Waals surface area contributed by atoms with Crippen LogP contribution < -0.4 is 14.8 Å². The molecular formula is C18H27NO5. The molecule has 0 bridgehead atoms. The summed E-state index contributed by atoms with van der Waals surface area (Å²) in [6.07, 6.45) is 1.23. The Hall–Kier alpha value is -2.24. The van der Waals surface area contributed by atoms with Gasteiger partial charge in [0.15, 0.2) is 11.5 Å². The average Bonchev–Trinajstić information content (AvgIpc) is 2.51. The first-order valence-corrected chi connectivity index (χ1v) is 8.23. The first-order valence-electron chi connectivity index (χ1n) is 8.23. The summed E-state index contributed by atoms with van der Waals surface area (Å²) in [5.41, 5.74) is -0.163. The highest BCUT2D eigenvalue weighted by Crippen LogP contribution is 2.29. The van der Waals surface area contributed by atoms with Crippen LogP contribution in [0.25, 0.3) is 0 Å². The molecule has 0 heterocycles. The number of amides is 1. The van der Waals surface area contributed by atoms with E-state index in [9.17, 15) is 9.59 Å². The van der Waals surface area contributed by atoms with Gasteiger partial charge in [-0.1, -0.05) is 6.92 Å². The molecule has 0 aliphatic carbocycles. The predicted molar refractivity (Wildman–Crippen MR) is 91.8 cm³/mol. The first kappa shape index (κ1) is 19.8. The topological polar surface area (TPSA) is 84.9 Å². The van der Waals surface area contributed by atoms with Crippen LogP contribution in [0, 0.1) is 0 Å². The van der Waals surface area contributed by atoms with Crippen molar-refractivity contribution in [2.75, 3.05) is 13.2 Å². The normalized spacial score (nSPS) is 11.0. The van der Waals surface area contributed by atoms with Crippen LogP contribution >= 0.6 is 0 Å². The molecule has 0 aliphatic rings. The highest BCUT2D eigenvalue weighted by Gasteiger charge is 2.23. The summed E-state index contributed by atoms with van der Waals surface area (Å²) in [7, 11) is 0. The lowest BCUT2D eigenvalue weighted by molar-refractivity contribution is -0.137. The third kappa shape index (κ3) is 6.48. The van der Waals surface area contributed by atoms with E-state index in [1.807, 2.05) is 13.8 Å². The summed E-state index contributed by atoms with van der Waals surface area (Å²) in [5.74, 6) is -0.0101. The van der Waals surface area contributed by atoms with E-state index in [0.29, 0.717) is 36.7 Å². The summed E-state index contributed by atoms with van der Waals surface area (Å²) < 4.78 is 11.2. The van der Waals surface area contributed by atoms with Gasteiger partial charge in [0.1, 0.15) is 0 Å². The maximum absolute atomic E-state index is 12.4. The van der Waals surface area contributed by atoms with Crippen LogP contribution in [-0.2, 0) is 4.79 Å². The number of ether oxygens (including phenoxy) is 2. The van der Waals surface area contributed by atoms with Crippen LogP contribution in [0.3, 0.4) is 0 Å². The zero-order valence-electron chi connectivity index (χ0n) is 14.8. The Morgan fingerprint density at radius 3 is 2.46 bits per heavy atom. The number of carbonyl (C=O) groups excluding carboxylic acids is 1. The van der Waals surface area contributed by atoms with Crippen molar-refractivity contribution in [2.45, 2.75) is 52.5 Å². The lowest BCUT2D eigenvalue weighted by Crippen LogP contribution is -2.43. The molecule has 0 atom stereocenters. The fourth-order valence-corrected chi connectivity index (χ4v) is 2.11. The Bertz CT molecular complexity index is 569. The number of benzene rings is 1. The van der Waals surface area contributed by atoms with Crippen molar-refractivity contribution < 1.29 is 24.2 Å². The number of aliphatic carboxylic acids is 1. The molecule has 0 unspecified atom stereocenters. The van der Waals surface area contributed by atoms with E-state index in [0.717, 1.165) is 6.42 Å². The second-order valence-corrected chi connectivity index (χ2v) is 6.17. The van der Waals surface area contributed by atoms with Gasteiger partial charge in [-0.2, -0.15) is 0 Å². The number of carbonyl (C=O) groups is 2. The van der Waals surface area contributed by atoms with Gasteiger partial charge in [-0.3, -0.25) is 9.59 Å². The number of hydrogen-bond acceptors (Lipinski definition) is 4. The van der Waals surface area contributed by atoms with E-state index < -0.39 is 11.5 Å². The van der Waals surface area contributed by atoms with E-state index in [2.05, 4.69) is 5.32 Å². The van der Waals surface area contributed by atoms with Crippen molar-refractivity contribution >= 4 is 11.9 Å². The van der Waals surface area contributed by atoms with Gasteiger partial charge in [-0.05, 0) is 51.8 Å².